The zero-order valence-corrected chi connectivity index (χ0v) is 14.5. The molecule has 26 heavy (non-hydrogen) atoms. The fourth-order valence-electron chi connectivity index (χ4n) is 3.71. The minimum atomic E-state index is -0.765. The van der Waals surface area contributed by atoms with Crippen LogP contribution in [0.15, 0.2) is 30.9 Å². The number of hydrogen-bond acceptors (Lipinski definition) is 6. The van der Waals surface area contributed by atoms with Crippen molar-refractivity contribution in [2.75, 3.05) is 25.0 Å². The van der Waals surface area contributed by atoms with Gasteiger partial charge in [-0.3, -0.25) is 19.3 Å². The Bertz CT molecular complexity index is 823. The van der Waals surface area contributed by atoms with E-state index in [1.54, 1.807) is 36.5 Å². The Labute approximate surface area is 150 Å². The van der Waals surface area contributed by atoms with Crippen LogP contribution in [-0.4, -0.2) is 62.3 Å². The number of hydrogen-bond donors (Lipinski definition) is 1. The monoisotopic (exact) mass is 356 g/mol. The van der Waals surface area contributed by atoms with E-state index in [0.717, 1.165) is 0 Å². The minimum absolute atomic E-state index is 0.139. The lowest BCUT2D eigenvalue weighted by molar-refractivity contribution is -0.132. The summed E-state index contributed by atoms with van der Waals surface area (Å²) in [5.41, 5.74) is -0.134. The summed E-state index contributed by atoms with van der Waals surface area (Å²) in [6, 6.07) is 3.55. The fraction of sp³-hybridized carbons (Fsp3) is 0.471. The highest BCUT2D eigenvalue weighted by atomic mass is 16.5. The van der Waals surface area contributed by atoms with Gasteiger partial charge in [0.15, 0.2) is 0 Å². The zero-order valence-electron chi connectivity index (χ0n) is 14.5. The number of carbonyl (C=O) groups excluding carboxylic acids is 2. The third kappa shape index (κ3) is 2.84. The summed E-state index contributed by atoms with van der Waals surface area (Å²) < 4.78 is 7.30. The number of aromatic nitrogens is 4. The van der Waals surface area contributed by atoms with Gasteiger partial charge in [0.2, 0.25) is 11.7 Å². The van der Waals surface area contributed by atoms with E-state index in [-0.39, 0.29) is 23.7 Å². The highest BCUT2D eigenvalue weighted by Gasteiger charge is 2.54. The van der Waals surface area contributed by atoms with E-state index in [9.17, 15) is 9.59 Å². The lowest BCUT2D eigenvalue weighted by Crippen LogP contribution is -2.57. The Morgan fingerprint density at radius 3 is 3.04 bits per heavy atom. The van der Waals surface area contributed by atoms with Gasteiger partial charge in [0.25, 0.3) is 5.91 Å². The molecule has 2 saturated heterocycles. The van der Waals surface area contributed by atoms with Crippen LogP contribution in [0.5, 0.6) is 0 Å². The number of pyridine rings is 1. The summed E-state index contributed by atoms with van der Waals surface area (Å²) in [5.74, 6) is -0.253. The summed E-state index contributed by atoms with van der Waals surface area (Å²) in [6.45, 7) is 1.32. The molecular formula is C17H20N6O3. The molecule has 0 radical (unpaired) electrons. The number of anilines is 1. The summed E-state index contributed by atoms with van der Waals surface area (Å²) in [6.07, 6.45) is 5.73. The van der Waals surface area contributed by atoms with Crippen LogP contribution in [-0.2, 0) is 16.6 Å². The van der Waals surface area contributed by atoms with Gasteiger partial charge in [-0.25, -0.2) is 4.98 Å². The van der Waals surface area contributed by atoms with Crippen molar-refractivity contribution in [1.29, 1.82) is 0 Å². The number of nitrogens with zero attached hydrogens (tertiary/aromatic N) is 5. The molecule has 2 atom stereocenters. The van der Waals surface area contributed by atoms with Crippen molar-refractivity contribution in [3.8, 4) is 0 Å². The second kappa shape index (κ2) is 6.49. The molecule has 0 aromatic carbocycles. The molecule has 9 nitrogen and oxygen atoms in total. The van der Waals surface area contributed by atoms with Gasteiger partial charge in [-0.05, 0) is 25.0 Å². The van der Waals surface area contributed by atoms with Gasteiger partial charge in [-0.1, -0.05) is 0 Å². The van der Waals surface area contributed by atoms with Gasteiger partial charge >= 0.3 is 0 Å². The Balaban J connectivity index is 1.56. The van der Waals surface area contributed by atoms with Crippen LogP contribution in [0.3, 0.4) is 0 Å². The van der Waals surface area contributed by atoms with Crippen molar-refractivity contribution in [2.24, 2.45) is 12.5 Å². The van der Waals surface area contributed by atoms with Gasteiger partial charge in [0.1, 0.15) is 6.33 Å². The molecule has 0 aliphatic carbocycles. The first-order chi connectivity index (χ1) is 12.6. The van der Waals surface area contributed by atoms with E-state index >= 15 is 0 Å². The molecule has 0 bridgehead atoms. The number of aryl methyl sites for hydroxylation is 1. The standard InChI is InChI=1S/C17H20N6O3/c1-22-11-19-14(21-22)15(24)23-7-4-13-17(10-23,5-8-26-13)16(25)20-12-3-2-6-18-9-12/h2-3,6,9,11,13H,4-5,7-8,10H2,1H3,(H,20,25)/t13-,17-/m1/s1. The summed E-state index contributed by atoms with van der Waals surface area (Å²) in [5, 5.41) is 7.00. The topological polar surface area (TPSA) is 102 Å². The molecule has 0 saturated carbocycles. The highest BCUT2D eigenvalue weighted by Crippen LogP contribution is 2.42. The largest absolute Gasteiger partial charge is 0.377 e. The maximum atomic E-state index is 13.1. The van der Waals surface area contributed by atoms with E-state index in [2.05, 4.69) is 20.4 Å². The SMILES string of the molecule is Cn1cnc(C(=O)N2CC[C@H]3OCC[C@@]3(C(=O)Nc3cccnc3)C2)n1. The van der Waals surface area contributed by atoms with Crippen molar-refractivity contribution in [3.63, 3.8) is 0 Å². The van der Waals surface area contributed by atoms with Gasteiger partial charge in [0.05, 0.1) is 23.4 Å². The molecule has 2 aromatic heterocycles. The first-order valence-corrected chi connectivity index (χ1v) is 8.56. The van der Waals surface area contributed by atoms with Gasteiger partial charge < -0.3 is 15.0 Å². The first kappa shape index (κ1) is 16.6. The molecule has 2 aliphatic rings. The number of ether oxygens (including phenoxy) is 1. The lowest BCUT2D eigenvalue weighted by atomic mass is 9.75. The lowest BCUT2D eigenvalue weighted by Gasteiger charge is -2.42. The number of piperidine rings is 1. The average molecular weight is 356 g/mol. The molecule has 2 aliphatic heterocycles. The van der Waals surface area contributed by atoms with Crippen molar-refractivity contribution in [2.45, 2.75) is 18.9 Å². The molecule has 2 amide bonds. The zero-order chi connectivity index (χ0) is 18.1. The van der Waals surface area contributed by atoms with Crippen LogP contribution in [0.25, 0.3) is 0 Å². The number of nitrogens with one attached hydrogen (secondary N) is 1. The normalized spacial score (nSPS) is 25.0. The minimum Gasteiger partial charge on any atom is -0.377 e. The Kier molecular flexibility index (Phi) is 4.15. The van der Waals surface area contributed by atoms with E-state index in [0.29, 0.717) is 38.2 Å². The smallest absolute Gasteiger partial charge is 0.293 e. The third-order valence-corrected chi connectivity index (χ3v) is 5.07. The molecule has 136 valence electrons. The van der Waals surface area contributed by atoms with Crippen molar-refractivity contribution < 1.29 is 14.3 Å². The molecule has 0 spiro atoms. The molecule has 9 heteroatoms. The van der Waals surface area contributed by atoms with Gasteiger partial charge in [-0.2, -0.15) is 0 Å². The van der Waals surface area contributed by atoms with Crippen LogP contribution in [0.2, 0.25) is 0 Å². The summed E-state index contributed by atoms with van der Waals surface area (Å²) >= 11 is 0. The maximum Gasteiger partial charge on any atom is 0.293 e. The number of fused-ring (bicyclic) bond motifs is 1. The maximum absolute atomic E-state index is 13.1. The summed E-state index contributed by atoms with van der Waals surface area (Å²) in [7, 11) is 1.71. The third-order valence-electron chi connectivity index (χ3n) is 5.07. The fourth-order valence-corrected chi connectivity index (χ4v) is 3.71. The average Bonchev–Trinajstić information content (AvgIpc) is 3.28. The van der Waals surface area contributed by atoms with Crippen LogP contribution < -0.4 is 5.32 Å². The van der Waals surface area contributed by atoms with Crippen LogP contribution >= 0.6 is 0 Å². The second-order valence-electron chi connectivity index (χ2n) is 6.72. The highest BCUT2D eigenvalue weighted by molar-refractivity contribution is 5.97. The van der Waals surface area contributed by atoms with Crippen LogP contribution in [0.4, 0.5) is 5.69 Å². The van der Waals surface area contributed by atoms with Crippen LogP contribution in [0.1, 0.15) is 23.5 Å². The Hall–Kier alpha value is -2.81. The van der Waals surface area contributed by atoms with Crippen molar-refractivity contribution >= 4 is 17.5 Å². The molecule has 2 fully saturated rings. The second-order valence-corrected chi connectivity index (χ2v) is 6.72. The van der Waals surface area contributed by atoms with Gasteiger partial charge in [-0.15, -0.1) is 5.10 Å². The molecule has 4 heterocycles. The quantitative estimate of drug-likeness (QED) is 0.858. The Morgan fingerprint density at radius 1 is 1.42 bits per heavy atom. The Morgan fingerprint density at radius 2 is 2.31 bits per heavy atom. The van der Waals surface area contributed by atoms with E-state index in [1.807, 2.05) is 0 Å². The number of amides is 2. The van der Waals surface area contributed by atoms with E-state index < -0.39 is 5.41 Å². The predicted molar refractivity (Wildman–Crippen MR) is 91.2 cm³/mol. The number of likely N-dealkylation sites (tertiary alicyclic amines) is 1. The molecular weight excluding hydrogens is 336 g/mol. The van der Waals surface area contributed by atoms with Gasteiger partial charge in [0, 0.05) is 32.9 Å². The molecule has 1 N–H and O–H groups in total. The van der Waals surface area contributed by atoms with Crippen molar-refractivity contribution in [1.82, 2.24) is 24.6 Å². The van der Waals surface area contributed by atoms with Crippen LogP contribution in [0, 0.1) is 5.41 Å². The number of carbonyl (C=O) groups is 2. The van der Waals surface area contributed by atoms with E-state index in [4.69, 9.17) is 4.74 Å². The van der Waals surface area contributed by atoms with E-state index in [1.165, 1.54) is 11.0 Å². The molecule has 0 unspecified atom stereocenters. The van der Waals surface area contributed by atoms with Crippen molar-refractivity contribution in [3.05, 3.63) is 36.7 Å². The first-order valence-electron chi connectivity index (χ1n) is 8.56. The molecule has 2 aromatic rings. The number of rotatable bonds is 3. The predicted octanol–water partition coefficient (Wildman–Crippen LogP) is 0.470. The molecule has 4 rings (SSSR count). The summed E-state index contributed by atoms with van der Waals surface area (Å²) in [4.78, 5) is 35.5.